The molecule has 0 heterocycles. The SMILES string of the molecule is O=C(NC1CC1)C(=O)NC1CC1. The second kappa shape index (κ2) is 2.77. The molecule has 0 aromatic carbocycles. The molecule has 0 aliphatic heterocycles. The number of nitrogens with one attached hydrogen (secondary N) is 2. The van der Waals surface area contributed by atoms with Gasteiger partial charge in [-0.3, -0.25) is 9.59 Å². The Morgan fingerprint density at radius 2 is 1.17 bits per heavy atom. The lowest BCUT2D eigenvalue weighted by Crippen LogP contribution is -2.41. The smallest absolute Gasteiger partial charge is 0.309 e. The number of rotatable bonds is 2. The van der Waals surface area contributed by atoms with Crippen LogP contribution in [0.1, 0.15) is 25.7 Å². The Balaban J connectivity index is 1.72. The van der Waals surface area contributed by atoms with E-state index in [-0.39, 0.29) is 12.1 Å². The minimum absolute atomic E-state index is 0.266. The average molecular weight is 168 g/mol. The summed E-state index contributed by atoms with van der Waals surface area (Å²) in [5, 5.41) is 5.27. The third-order valence-corrected chi connectivity index (χ3v) is 2.03. The van der Waals surface area contributed by atoms with Crippen molar-refractivity contribution in [1.82, 2.24) is 10.6 Å². The van der Waals surface area contributed by atoms with Crippen LogP contribution in [0.2, 0.25) is 0 Å². The number of hydrogen-bond donors (Lipinski definition) is 2. The van der Waals surface area contributed by atoms with Gasteiger partial charge in [0.25, 0.3) is 0 Å². The fourth-order valence-corrected chi connectivity index (χ4v) is 0.957. The molecule has 0 unspecified atom stereocenters. The van der Waals surface area contributed by atoms with E-state index in [1.807, 2.05) is 0 Å². The summed E-state index contributed by atoms with van der Waals surface area (Å²) in [6, 6.07) is 0.532. The molecular weight excluding hydrogens is 156 g/mol. The van der Waals surface area contributed by atoms with Gasteiger partial charge in [-0.15, -0.1) is 0 Å². The summed E-state index contributed by atoms with van der Waals surface area (Å²) in [6.07, 6.45) is 4.07. The van der Waals surface area contributed by atoms with Crippen molar-refractivity contribution in [3.8, 4) is 0 Å². The van der Waals surface area contributed by atoms with Crippen LogP contribution >= 0.6 is 0 Å². The molecule has 0 spiro atoms. The highest BCUT2D eigenvalue weighted by atomic mass is 16.2. The minimum atomic E-state index is -0.468. The van der Waals surface area contributed by atoms with Gasteiger partial charge in [0.2, 0.25) is 0 Å². The van der Waals surface area contributed by atoms with Crippen LogP contribution in [0.5, 0.6) is 0 Å². The average Bonchev–Trinajstić information content (AvgIpc) is 2.79. The topological polar surface area (TPSA) is 58.2 Å². The van der Waals surface area contributed by atoms with Gasteiger partial charge in [0.1, 0.15) is 0 Å². The fraction of sp³-hybridized carbons (Fsp3) is 0.750. The zero-order valence-electron chi connectivity index (χ0n) is 6.80. The van der Waals surface area contributed by atoms with Gasteiger partial charge in [-0.05, 0) is 25.7 Å². The highest BCUT2D eigenvalue weighted by Gasteiger charge is 2.29. The van der Waals surface area contributed by atoms with Crippen LogP contribution in [0.3, 0.4) is 0 Å². The predicted octanol–water partition coefficient (Wildman–Crippen LogP) is -0.456. The molecule has 2 fully saturated rings. The van der Waals surface area contributed by atoms with Crippen molar-refractivity contribution in [3.05, 3.63) is 0 Å². The van der Waals surface area contributed by atoms with Crippen LogP contribution in [0.25, 0.3) is 0 Å². The van der Waals surface area contributed by atoms with E-state index < -0.39 is 11.8 Å². The van der Waals surface area contributed by atoms with Gasteiger partial charge in [0.05, 0.1) is 0 Å². The Morgan fingerprint density at radius 1 is 0.833 bits per heavy atom. The Kier molecular flexibility index (Phi) is 1.75. The van der Waals surface area contributed by atoms with Gasteiger partial charge in [-0.2, -0.15) is 0 Å². The first kappa shape index (κ1) is 7.58. The lowest BCUT2D eigenvalue weighted by molar-refractivity contribution is -0.139. The molecule has 0 aromatic heterocycles. The minimum Gasteiger partial charge on any atom is -0.345 e. The maximum Gasteiger partial charge on any atom is 0.309 e. The zero-order chi connectivity index (χ0) is 8.55. The quantitative estimate of drug-likeness (QED) is 0.548. The lowest BCUT2D eigenvalue weighted by Gasteiger charge is -2.02. The van der Waals surface area contributed by atoms with Gasteiger partial charge in [0, 0.05) is 12.1 Å². The molecule has 0 aromatic rings. The van der Waals surface area contributed by atoms with E-state index in [9.17, 15) is 9.59 Å². The summed E-state index contributed by atoms with van der Waals surface area (Å²) < 4.78 is 0. The van der Waals surface area contributed by atoms with Gasteiger partial charge < -0.3 is 10.6 Å². The predicted molar refractivity (Wildman–Crippen MR) is 42.3 cm³/mol. The number of carbonyl (C=O) groups excluding carboxylic acids is 2. The van der Waals surface area contributed by atoms with Crippen LogP contribution in [-0.2, 0) is 9.59 Å². The lowest BCUT2D eigenvalue weighted by atomic mass is 10.5. The molecule has 4 nitrogen and oxygen atoms in total. The van der Waals surface area contributed by atoms with Gasteiger partial charge in [-0.1, -0.05) is 0 Å². The van der Waals surface area contributed by atoms with Gasteiger partial charge >= 0.3 is 11.8 Å². The zero-order valence-corrected chi connectivity index (χ0v) is 6.80. The molecule has 66 valence electrons. The van der Waals surface area contributed by atoms with Crippen molar-refractivity contribution in [2.75, 3.05) is 0 Å². The third-order valence-electron chi connectivity index (χ3n) is 2.03. The molecular formula is C8H12N2O2. The van der Waals surface area contributed by atoms with E-state index in [0.717, 1.165) is 25.7 Å². The van der Waals surface area contributed by atoms with Gasteiger partial charge in [-0.25, -0.2) is 0 Å². The van der Waals surface area contributed by atoms with E-state index in [2.05, 4.69) is 10.6 Å². The number of carbonyl (C=O) groups is 2. The maximum atomic E-state index is 11.0. The van der Waals surface area contributed by atoms with Crippen molar-refractivity contribution in [3.63, 3.8) is 0 Å². The molecule has 12 heavy (non-hydrogen) atoms. The van der Waals surface area contributed by atoms with Crippen molar-refractivity contribution in [2.45, 2.75) is 37.8 Å². The largest absolute Gasteiger partial charge is 0.345 e. The summed E-state index contributed by atoms with van der Waals surface area (Å²) in [6.45, 7) is 0. The molecule has 2 rings (SSSR count). The van der Waals surface area contributed by atoms with Crippen LogP contribution in [0.15, 0.2) is 0 Å². The third kappa shape index (κ3) is 1.96. The molecule has 2 saturated carbocycles. The molecule has 2 amide bonds. The molecule has 0 radical (unpaired) electrons. The Labute approximate surface area is 70.7 Å². The summed E-state index contributed by atoms with van der Waals surface area (Å²) in [5.74, 6) is -0.936. The normalized spacial score (nSPS) is 21.7. The van der Waals surface area contributed by atoms with Crippen LogP contribution in [-0.4, -0.2) is 23.9 Å². The Hall–Kier alpha value is -1.06. The molecule has 4 heteroatoms. The summed E-state index contributed by atoms with van der Waals surface area (Å²) in [4.78, 5) is 22.1. The first-order valence-electron chi connectivity index (χ1n) is 4.37. The van der Waals surface area contributed by atoms with Crippen LogP contribution in [0, 0.1) is 0 Å². The summed E-state index contributed by atoms with van der Waals surface area (Å²) >= 11 is 0. The van der Waals surface area contributed by atoms with Crippen molar-refractivity contribution < 1.29 is 9.59 Å². The molecule has 2 N–H and O–H groups in total. The van der Waals surface area contributed by atoms with E-state index in [0.29, 0.717) is 0 Å². The van der Waals surface area contributed by atoms with Crippen molar-refractivity contribution in [1.29, 1.82) is 0 Å². The van der Waals surface area contributed by atoms with Crippen molar-refractivity contribution >= 4 is 11.8 Å². The number of amides is 2. The Bertz CT molecular complexity index is 195. The second-order valence-corrected chi connectivity index (χ2v) is 3.50. The van der Waals surface area contributed by atoms with Crippen LogP contribution in [0.4, 0.5) is 0 Å². The molecule has 0 atom stereocenters. The highest BCUT2D eigenvalue weighted by molar-refractivity contribution is 6.35. The fourth-order valence-electron chi connectivity index (χ4n) is 0.957. The van der Waals surface area contributed by atoms with E-state index >= 15 is 0 Å². The summed E-state index contributed by atoms with van der Waals surface area (Å²) in [7, 11) is 0. The van der Waals surface area contributed by atoms with Crippen LogP contribution < -0.4 is 10.6 Å². The Morgan fingerprint density at radius 3 is 1.42 bits per heavy atom. The highest BCUT2D eigenvalue weighted by Crippen LogP contribution is 2.19. The molecule has 2 aliphatic carbocycles. The van der Waals surface area contributed by atoms with E-state index in [1.165, 1.54) is 0 Å². The second-order valence-electron chi connectivity index (χ2n) is 3.50. The molecule has 2 aliphatic rings. The van der Waals surface area contributed by atoms with Gasteiger partial charge in [0.15, 0.2) is 0 Å². The standard InChI is InChI=1S/C8H12N2O2/c11-7(9-5-1-2-5)8(12)10-6-3-4-6/h5-6H,1-4H2,(H,9,11)(H,10,12). The van der Waals surface area contributed by atoms with E-state index in [1.54, 1.807) is 0 Å². The monoisotopic (exact) mass is 168 g/mol. The summed E-state index contributed by atoms with van der Waals surface area (Å²) in [5.41, 5.74) is 0. The van der Waals surface area contributed by atoms with E-state index in [4.69, 9.17) is 0 Å². The van der Waals surface area contributed by atoms with Crippen molar-refractivity contribution in [2.24, 2.45) is 0 Å². The molecule has 0 saturated heterocycles. The first-order valence-corrected chi connectivity index (χ1v) is 4.37. The number of hydrogen-bond acceptors (Lipinski definition) is 2. The molecule has 0 bridgehead atoms. The maximum absolute atomic E-state index is 11.0. The first-order chi connectivity index (χ1) is 5.75.